The van der Waals surface area contributed by atoms with Gasteiger partial charge < -0.3 is 9.64 Å². The van der Waals surface area contributed by atoms with Crippen molar-refractivity contribution in [1.29, 1.82) is 0 Å². The lowest BCUT2D eigenvalue weighted by atomic mass is 10.1. The first-order valence-corrected chi connectivity index (χ1v) is 9.27. The number of hydrogen-bond acceptors (Lipinski definition) is 4. The second-order valence-corrected chi connectivity index (χ2v) is 7.06. The number of thiophene rings is 1. The maximum atomic E-state index is 12.8. The Hall–Kier alpha value is -2.15. The van der Waals surface area contributed by atoms with Gasteiger partial charge in [-0.2, -0.15) is 16.4 Å². The monoisotopic (exact) mass is 373 g/mol. The third-order valence-corrected chi connectivity index (χ3v) is 5.16. The predicted molar refractivity (Wildman–Crippen MR) is 97.9 cm³/mol. The van der Waals surface area contributed by atoms with Gasteiger partial charge in [-0.05, 0) is 35.2 Å². The van der Waals surface area contributed by atoms with Gasteiger partial charge in [0.25, 0.3) is 5.91 Å². The highest BCUT2D eigenvalue weighted by Crippen LogP contribution is 2.25. The maximum absolute atomic E-state index is 12.8. The van der Waals surface area contributed by atoms with Crippen molar-refractivity contribution in [1.82, 2.24) is 15.1 Å². The minimum absolute atomic E-state index is 0.0590. The molecule has 0 radical (unpaired) electrons. The molecule has 2 aromatic heterocycles. The second kappa shape index (κ2) is 7.00. The number of benzene rings is 1. The molecule has 1 aromatic carbocycles. The number of hydrogen-bond donors (Lipinski definition) is 1. The molecular weight excluding hydrogens is 358 g/mol. The minimum atomic E-state index is -0.144. The highest BCUT2D eigenvalue weighted by Gasteiger charge is 2.27. The van der Waals surface area contributed by atoms with Crippen LogP contribution in [0.4, 0.5) is 0 Å². The van der Waals surface area contributed by atoms with Crippen LogP contribution in [0.5, 0.6) is 0 Å². The quantitative estimate of drug-likeness (QED) is 0.754. The van der Waals surface area contributed by atoms with Crippen molar-refractivity contribution in [3.8, 4) is 11.3 Å². The van der Waals surface area contributed by atoms with Gasteiger partial charge in [-0.25, -0.2) is 0 Å². The highest BCUT2D eigenvalue weighted by molar-refractivity contribution is 7.08. The molecule has 0 aliphatic carbocycles. The number of carbonyl (C=O) groups excluding carboxylic acids is 1. The molecule has 0 saturated carbocycles. The van der Waals surface area contributed by atoms with E-state index in [2.05, 4.69) is 10.2 Å². The van der Waals surface area contributed by atoms with Crippen molar-refractivity contribution < 1.29 is 9.53 Å². The molecule has 1 fully saturated rings. The SMILES string of the molecule is O=C(c1cc(-c2ccsc2)n[nH]1)N1CCO[C@@H](c2ccc(Cl)cc2)C1. The van der Waals surface area contributed by atoms with Crippen molar-refractivity contribution in [2.45, 2.75) is 6.10 Å². The molecule has 5 nitrogen and oxygen atoms in total. The lowest BCUT2D eigenvalue weighted by Crippen LogP contribution is -2.42. The molecule has 0 bridgehead atoms. The van der Waals surface area contributed by atoms with Crippen LogP contribution in [-0.4, -0.2) is 40.7 Å². The zero-order chi connectivity index (χ0) is 17.2. The third-order valence-electron chi connectivity index (χ3n) is 4.22. The van der Waals surface area contributed by atoms with E-state index in [4.69, 9.17) is 16.3 Å². The summed E-state index contributed by atoms with van der Waals surface area (Å²) in [4.78, 5) is 14.6. The molecule has 1 amide bonds. The number of halogens is 1. The van der Waals surface area contributed by atoms with Crippen LogP contribution in [0.2, 0.25) is 5.02 Å². The normalized spacial score (nSPS) is 17.6. The summed E-state index contributed by atoms with van der Waals surface area (Å²) in [6, 6.07) is 11.3. The molecule has 128 valence electrons. The zero-order valence-corrected chi connectivity index (χ0v) is 14.9. The van der Waals surface area contributed by atoms with Crippen molar-refractivity contribution in [3.05, 3.63) is 63.4 Å². The molecule has 25 heavy (non-hydrogen) atoms. The van der Waals surface area contributed by atoms with Crippen LogP contribution in [0.25, 0.3) is 11.3 Å². The molecule has 1 aliphatic rings. The smallest absolute Gasteiger partial charge is 0.272 e. The molecule has 1 atom stereocenters. The molecular formula is C18H16ClN3O2S. The summed E-state index contributed by atoms with van der Waals surface area (Å²) in [6.07, 6.45) is -0.144. The Balaban J connectivity index is 1.49. The van der Waals surface area contributed by atoms with Gasteiger partial charge in [0.15, 0.2) is 0 Å². The molecule has 1 aliphatic heterocycles. The van der Waals surface area contributed by atoms with Gasteiger partial charge in [-0.1, -0.05) is 23.7 Å². The topological polar surface area (TPSA) is 58.2 Å². The predicted octanol–water partition coefficient (Wildman–Crippen LogP) is 4.01. The van der Waals surface area contributed by atoms with E-state index < -0.39 is 0 Å². The lowest BCUT2D eigenvalue weighted by Gasteiger charge is -2.33. The van der Waals surface area contributed by atoms with Gasteiger partial charge in [-0.15, -0.1) is 0 Å². The summed E-state index contributed by atoms with van der Waals surface area (Å²) in [5, 5.41) is 11.8. The summed E-state index contributed by atoms with van der Waals surface area (Å²) < 4.78 is 5.82. The van der Waals surface area contributed by atoms with Gasteiger partial charge in [0, 0.05) is 22.5 Å². The fraction of sp³-hybridized carbons (Fsp3) is 0.222. The molecule has 0 spiro atoms. The lowest BCUT2D eigenvalue weighted by molar-refractivity contribution is -0.0230. The molecule has 1 N–H and O–H groups in total. The largest absolute Gasteiger partial charge is 0.370 e. The van der Waals surface area contributed by atoms with Crippen LogP contribution >= 0.6 is 22.9 Å². The van der Waals surface area contributed by atoms with Crippen molar-refractivity contribution in [2.75, 3.05) is 19.7 Å². The van der Waals surface area contributed by atoms with E-state index in [1.807, 2.05) is 41.1 Å². The molecule has 3 heterocycles. The fourth-order valence-corrected chi connectivity index (χ4v) is 3.65. The molecule has 0 unspecified atom stereocenters. The van der Waals surface area contributed by atoms with Crippen LogP contribution in [-0.2, 0) is 4.74 Å². The van der Waals surface area contributed by atoms with Gasteiger partial charge in [-0.3, -0.25) is 9.89 Å². The summed E-state index contributed by atoms with van der Waals surface area (Å²) in [7, 11) is 0. The molecule has 7 heteroatoms. The Morgan fingerprint density at radius 3 is 2.92 bits per heavy atom. The summed E-state index contributed by atoms with van der Waals surface area (Å²) in [6.45, 7) is 1.58. The number of nitrogens with one attached hydrogen (secondary N) is 1. The number of carbonyl (C=O) groups is 1. The first-order valence-electron chi connectivity index (χ1n) is 7.95. The number of rotatable bonds is 3. The van der Waals surface area contributed by atoms with Crippen LogP contribution < -0.4 is 0 Å². The standard InChI is InChI=1S/C18H16ClN3O2S/c19-14-3-1-12(2-4-14)17-10-22(6-7-24-17)18(23)16-9-15(20-21-16)13-5-8-25-11-13/h1-5,8-9,11,17H,6-7,10H2,(H,20,21)/t17-/m1/s1. The Kier molecular flexibility index (Phi) is 4.57. The van der Waals surface area contributed by atoms with E-state index in [0.717, 1.165) is 16.8 Å². The average molecular weight is 374 g/mol. The summed E-state index contributed by atoms with van der Waals surface area (Å²) in [5.41, 5.74) is 3.32. The first-order chi connectivity index (χ1) is 12.2. The van der Waals surface area contributed by atoms with E-state index in [0.29, 0.717) is 30.4 Å². The summed E-state index contributed by atoms with van der Waals surface area (Å²) in [5.74, 6) is -0.0590. The number of nitrogens with zero attached hydrogens (tertiary/aromatic N) is 2. The Labute approximate surface area is 154 Å². The maximum Gasteiger partial charge on any atom is 0.272 e. The van der Waals surface area contributed by atoms with Crippen LogP contribution in [0.3, 0.4) is 0 Å². The highest BCUT2D eigenvalue weighted by atomic mass is 35.5. The number of morpholine rings is 1. The number of amides is 1. The minimum Gasteiger partial charge on any atom is -0.370 e. The van der Waals surface area contributed by atoms with Gasteiger partial charge in [0.1, 0.15) is 11.8 Å². The van der Waals surface area contributed by atoms with Crippen LogP contribution in [0.15, 0.2) is 47.2 Å². The van der Waals surface area contributed by atoms with E-state index in [1.165, 1.54) is 0 Å². The first kappa shape index (κ1) is 16.3. The average Bonchev–Trinajstić information content (AvgIpc) is 3.33. The van der Waals surface area contributed by atoms with E-state index in [-0.39, 0.29) is 12.0 Å². The van der Waals surface area contributed by atoms with Gasteiger partial charge in [0.2, 0.25) is 0 Å². The number of aromatic nitrogens is 2. The van der Waals surface area contributed by atoms with Crippen LogP contribution in [0.1, 0.15) is 22.2 Å². The van der Waals surface area contributed by atoms with Gasteiger partial charge in [0.05, 0.1) is 18.8 Å². The number of aromatic amines is 1. The second-order valence-electron chi connectivity index (χ2n) is 5.84. The summed E-state index contributed by atoms with van der Waals surface area (Å²) >= 11 is 7.54. The Morgan fingerprint density at radius 2 is 2.16 bits per heavy atom. The number of ether oxygens (including phenoxy) is 1. The van der Waals surface area contributed by atoms with E-state index in [9.17, 15) is 4.79 Å². The molecule has 3 aromatic rings. The Bertz CT molecular complexity index is 861. The van der Waals surface area contributed by atoms with Crippen molar-refractivity contribution in [3.63, 3.8) is 0 Å². The zero-order valence-electron chi connectivity index (χ0n) is 13.3. The third kappa shape index (κ3) is 3.46. The fourth-order valence-electron chi connectivity index (χ4n) is 2.87. The Morgan fingerprint density at radius 1 is 1.32 bits per heavy atom. The molecule has 4 rings (SSSR count). The van der Waals surface area contributed by atoms with Crippen molar-refractivity contribution in [2.24, 2.45) is 0 Å². The molecule has 1 saturated heterocycles. The van der Waals surface area contributed by atoms with Crippen LogP contribution in [0, 0.1) is 0 Å². The van der Waals surface area contributed by atoms with E-state index >= 15 is 0 Å². The number of H-pyrrole nitrogens is 1. The van der Waals surface area contributed by atoms with Crippen molar-refractivity contribution >= 4 is 28.8 Å². The van der Waals surface area contributed by atoms with E-state index in [1.54, 1.807) is 22.3 Å². The van der Waals surface area contributed by atoms with Gasteiger partial charge >= 0.3 is 0 Å².